The molecule has 6 nitrogen and oxygen atoms in total. The van der Waals surface area contributed by atoms with Crippen molar-refractivity contribution in [2.45, 2.75) is 59.0 Å². The maximum absolute atomic E-state index is 11.4. The van der Waals surface area contributed by atoms with Crippen LogP contribution in [0.15, 0.2) is 4.99 Å². The Balaban J connectivity index is 3.52. The van der Waals surface area contributed by atoms with Crippen LogP contribution in [0.4, 0.5) is 4.79 Å². The molecule has 0 aliphatic heterocycles. The number of aliphatic imine (C=N–C) groups is 1. The Morgan fingerprint density at radius 1 is 1.15 bits per heavy atom. The van der Waals surface area contributed by atoms with Crippen molar-refractivity contribution in [3.63, 3.8) is 0 Å². The molecule has 1 amide bonds. The summed E-state index contributed by atoms with van der Waals surface area (Å²) in [6, 6.07) is 0. The van der Waals surface area contributed by atoms with Gasteiger partial charge in [-0.25, -0.2) is 4.79 Å². The predicted octanol–water partition coefficient (Wildman–Crippen LogP) is 2.00. The first kappa shape index (κ1) is 18.5. The summed E-state index contributed by atoms with van der Waals surface area (Å²) in [5.74, 6) is 0.499. The molecule has 0 bridgehead atoms. The number of hydrogen-bond donors (Lipinski definition) is 3. The molecule has 0 atom stereocenters. The average molecular weight is 286 g/mol. The van der Waals surface area contributed by atoms with Crippen molar-refractivity contribution in [3.05, 3.63) is 0 Å². The van der Waals surface area contributed by atoms with Gasteiger partial charge in [-0.2, -0.15) is 0 Å². The van der Waals surface area contributed by atoms with Gasteiger partial charge >= 0.3 is 6.09 Å². The number of ether oxygens (including phenoxy) is 1. The monoisotopic (exact) mass is 286 g/mol. The number of alkyl carbamates (subject to hydrolysis) is 1. The zero-order chi connectivity index (χ0) is 15.4. The minimum atomic E-state index is -0.451. The summed E-state index contributed by atoms with van der Waals surface area (Å²) in [5.41, 5.74) is 5.24. The second-order valence-electron chi connectivity index (χ2n) is 5.68. The highest BCUT2D eigenvalue weighted by Gasteiger charge is 2.15. The van der Waals surface area contributed by atoms with Gasteiger partial charge in [-0.1, -0.05) is 13.3 Å². The van der Waals surface area contributed by atoms with E-state index in [2.05, 4.69) is 22.5 Å². The Labute approximate surface area is 122 Å². The topological polar surface area (TPSA) is 88.7 Å². The van der Waals surface area contributed by atoms with Crippen LogP contribution in [0.2, 0.25) is 0 Å². The highest BCUT2D eigenvalue weighted by Crippen LogP contribution is 2.06. The molecule has 4 N–H and O–H groups in total. The maximum Gasteiger partial charge on any atom is 0.407 e. The summed E-state index contributed by atoms with van der Waals surface area (Å²) in [6.07, 6.45) is 3.59. The molecule has 0 aliphatic rings. The summed E-state index contributed by atoms with van der Waals surface area (Å²) < 4.78 is 5.13. The summed E-state index contributed by atoms with van der Waals surface area (Å²) in [5, 5.41) is 5.77. The molecule has 20 heavy (non-hydrogen) atoms. The van der Waals surface area contributed by atoms with Gasteiger partial charge in [-0.05, 0) is 40.0 Å². The van der Waals surface area contributed by atoms with E-state index in [1.165, 1.54) is 0 Å². The van der Waals surface area contributed by atoms with Crippen LogP contribution in [0, 0.1) is 0 Å². The van der Waals surface area contributed by atoms with Crippen LogP contribution in [0.1, 0.15) is 53.4 Å². The van der Waals surface area contributed by atoms with Crippen molar-refractivity contribution in [2.75, 3.05) is 19.6 Å². The zero-order valence-electron chi connectivity index (χ0n) is 13.3. The number of nitrogens with two attached hydrogens (primary N) is 1. The lowest BCUT2D eigenvalue weighted by atomic mass is 10.2. The fourth-order valence-electron chi connectivity index (χ4n) is 1.39. The number of hydrogen-bond acceptors (Lipinski definition) is 3. The van der Waals surface area contributed by atoms with Gasteiger partial charge in [-0.15, -0.1) is 0 Å². The van der Waals surface area contributed by atoms with Crippen LogP contribution >= 0.6 is 0 Å². The molecule has 0 aromatic carbocycles. The number of carbonyl (C=O) groups is 1. The molecular weight excluding hydrogens is 256 g/mol. The van der Waals surface area contributed by atoms with Gasteiger partial charge in [0.2, 0.25) is 0 Å². The molecule has 0 heterocycles. The Kier molecular flexibility index (Phi) is 9.59. The van der Waals surface area contributed by atoms with Crippen molar-refractivity contribution in [1.29, 1.82) is 0 Å². The lowest BCUT2D eigenvalue weighted by molar-refractivity contribution is 0.0527. The SMILES string of the molecule is CCCCNC(N)=NCCCCNC(=O)OC(C)(C)C. The smallest absolute Gasteiger partial charge is 0.407 e. The zero-order valence-corrected chi connectivity index (χ0v) is 13.3. The first-order valence-corrected chi connectivity index (χ1v) is 7.36. The molecule has 118 valence electrons. The maximum atomic E-state index is 11.4. The van der Waals surface area contributed by atoms with Crippen LogP contribution in [0.5, 0.6) is 0 Å². The second kappa shape index (κ2) is 10.3. The number of guanidine groups is 1. The van der Waals surface area contributed by atoms with Crippen molar-refractivity contribution in [3.8, 4) is 0 Å². The molecule has 6 heteroatoms. The fraction of sp³-hybridized carbons (Fsp3) is 0.857. The van der Waals surface area contributed by atoms with E-state index in [0.29, 0.717) is 19.0 Å². The second-order valence-corrected chi connectivity index (χ2v) is 5.68. The molecule has 0 rings (SSSR count). The van der Waals surface area contributed by atoms with Crippen molar-refractivity contribution < 1.29 is 9.53 Å². The molecule has 0 unspecified atom stereocenters. The molecule has 0 aromatic rings. The molecule has 0 fully saturated rings. The Morgan fingerprint density at radius 2 is 1.80 bits per heavy atom. The van der Waals surface area contributed by atoms with Crippen molar-refractivity contribution >= 4 is 12.1 Å². The number of rotatable bonds is 8. The van der Waals surface area contributed by atoms with E-state index in [4.69, 9.17) is 10.5 Å². The molecular formula is C14H30N4O2. The van der Waals surface area contributed by atoms with E-state index in [1.54, 1.807) is 0 Å². The van der Waals surface area contributed by atoms with Gasteiger partial charge < -0.3 is 21.1 Å². The predicted molar refractivity (Wildman–Crippen MR) is 82.9 cm³/mol. The van der Waals surface area contributed by atoms with Gasteiger partial charge in [0, 0.05) is 19.6 Å². The van der Waals surface area contributed by atoms with Gasteiger partial charge in [0.1, 0.15) is 5.60 Å². The summed E-state index contributed by atoms with van der Waals surface area (Å²) in [4.78, 5) is 15.6. The summed E-state index contributed by atoms with van der Waals surface area (Å²) in [7, 11) is 0. The molecule has 0 radical (unpaired) electrons. The van der Waals surface area contributed by atoms with Crippen LogP contribution in [-0.2, 0) is 4.74 Å². The van der Waals surface area contributed by atoms with Gasteiger partial charge in [0.25, 0.3) is 0 Å². The van der Waals surface area contributed by atoms with Gasteiger partial charge in [-0.3, -0.25) is 4.99 Å². The molecule has 0 saturated carbocycles. The first-order chi connectivity index (χ1) is 9.35. The number of carbonyl (C=O) groups excluding carboxylic acids is 1. The van der Waals surface area contributed by atoms with E-state index in [-0.39, 0.29) is 6.09 Å². The minimum Gasteiger partial charge on any atom is -0.444 e. The highest BCUT2D eigenvalue weighted by molar-refractivity contribution is 5.77. The van der Waals surface area contributed by atoms with Gasteiger partial charge in [0.05, 0.1) is 0 Å². The van der Waals surface area contributed by atoms with Crippen LogP contribution in [-0.4, -0.2) is 37.3 Å². The molecule has 0 aromatic heterocycles. The van der Waals surface area contributed by atoms with E-state index < -0.39 is 5.60 Å². The Hall–Kier alpha value is -1.46. The van der Waals surface area contributed by atoms with Crippen LogP contribution in [0.3, 0.4) is 0 Å². The normalized spacial score (nSPS) is 12.1. The molecule has 0 spiro atoms. The third-order valence-corrected chi connectivity index (χ3v) is 2.37. The van der Waals surface area contributed by atoms with E-state index in [1.807, 2.05) is 20.8 Å². The fourth-order valence-corrected chi connectivity index (χ4v) is 1.39. The average Bonchev–Trinajstić information content (AvgIpc) is 2.31. The van der Waals surface area contributed by atoms with Crippen molar-refractivity contribution in [1.82, 2.24) is 10.6 Å². The first-order valence-electron chi connectivity index (χ1n) is 7.36. The highest BCUT2D eigenvalue weighted by atomic mass is 16.6. The Morgan fingerprint density at radius 3 is 2.40 bits per heavy atom. The van der Waals surface area contributed by atoms with Crippen LogP contribution in [0.25, 0.3) is 0 Å². The number of nitrogens with one attached hydrogen (secondary N) is 2. The number of unbranched alkanes of at least 4 members (excludes halogenated alkanes) is 2. The third kappa shape index (κ3) is 13.0. The lowest BCUT2D eigenvalue weighted by Crippen LogP contribution is -2.33. The number of amides is 1. The van der Waals surface area contributed by atoms with Crippen LogP contribution < -0.4 is 16.4 Å². The Bertz CT molecular complexity index is 298. The molecule has 0 saturated heterocycles. The van der Waals surface area contributed by atoms with E-state index in [9.17, 15) is 4.79 Å². The summed E-state index contributed by atoms with van der Waals surface area (Å²) in [6.45, 7) is 9.79. The quantitative estimate of drug-likeness (QED) is 0.362. The lowest BCUT2D eigenvalue weighted by Gasteiger charge is -2.19. The van der Waals surface area contributed by atoms with Gasteiger partial charge in [0.15, 0.2) is 5.96 Å². The van der Waals surface area contributed by atoms with Crippen molar-refractivity contribution in [2.24, 2.45) is 10.7 Å². The standard InChI is InChI=1S/C14H30N4O2/c1-5-6-9-16-12(15)17-10-7-8-11-18-13(19)20-14(2,3)4/h5-11H2,1-4H3,(H,18,19)(H3,15,16,17). The largest absolute Gasteiger partial charge is 0.444 e. The number of nitrogens with zero attached hydrogens (tertiary/aromatic N) is 1. The van der Waals surface area contributed by atoms with E-state index >= 15 is 0 Å². The van der Waals surface area contributed by atoms with E-state index in [0.717, 1.165) is 32.2 Å². The minimum absolute atomic E-state index is 0.373. The molecule has 0 aliphatic carbocycles. The summed E-state index contributed by atoms with van der Waals surface area (Å²) >= 11 is 0. The third-order valence-electron chi connectivity index (χ3n) is 2.37.